The highest BCUT2D eigenvalue weighted by Crippen LogP contribution is 2.25. The molecule has 2 rings (SSSR count). The number of aromatic nitrogens is 3. The van der Waals surface area contributed by atoms with Gasteiger partial charge in [-0.25, -0.2) is 0 Å². The van der Waals surface area contributed by atoms with Crippen molar-refractivity contribution in [3.05, 3.63) is 24.3 Å². The molecule has 0 amide bonds. The lowest BCUT2D eigenvalue weighted by Crippen LogP contribution is -1.96. The molecule has 96 valence electrons. The number of nitrogens with zero attached hydrogens (tertiary/aromatic N) is 3. The lowest BCUT2D eigenvalue weighted by Gasteiger charge is -2.05. The summed E-state index contributed by atoms with van der Waals surface area (Å²) in [5, 5.41) is 17.9. The molecule has 0 saturated carbocycles. The van der Waals surface area contributed by atoms with Crippen molar-refractivity contribution in [2.24, 2.45) is 7.05 Å². The maximum absolute atomic E-state index is 8.82. The molecule has 0 radical (unpaired) electrons. The normalized spacial score (nSPS) is 10.6. The molecule has 1 aromatic carbocycles. The van der Waals surface area contributed by atoms with Crippen LogP contribution in [0.3, 0.4) is 0 Å². The molecular weight excluding hydrogens is 250 g/mol. The maximum atomic E-state index is 8.82. The summed E-state index contributed by atoms with van der Waals surface area (Å²) in [7, 11) is 3.55. The molecule has 0 aliphatic rings. The number of ether oxygens (including phenoxy) is 1. The van der Waals surface area contributed by atoms with Crippen molar-refractivity contribution in [3.63, 3.8) is 0 Å². The Morgan fingerprint density at radius 2 is 2.22 bits per heavy atom. The number of hydrogen-bond acceptors (Lipinski definition) is 5. The Hall–Kier alpha value is -1.53. The van der Waals surface area contributed by atoms with Gasteiger partial charge in [0.25, 0.3) is 0 Å². The molecule has 0 unspecified atom stereocenters. The van der Waals surface area contributed by atoms with Gasteiger partial charge in [0.1, 0.15) is 5.75 Å². The van der Waals surface area contributed by atoms with Gasteiger partial charge < -0.3 is 14.4 Å². The highest BCUT2D eigenvalue weighted by Gasteiger charge is 2.11. The van der Waals surface area contributed by atoms with Crippen molar-refractivity contribution >= 4 is 11.8 Å². The Balaban J connectivity index is 2.30. The van der Waals surface area contributed by atoms with Crippen LogP contribution in [0.15, 0.2) is 29.4 Å². The summed E-state index contributed by atoms with van der Waals surface area (Å²) in [5.74, 6) is 2.19. The third-order valence-corrected chi connectivity index (χ3v) is 3.49. The van der Waals surface area contributed by atoms with Crippen LogP contribution in [-0.2, 0) is 7.05 Å². The largest absolute Gasteiger partial charge is 0.497 e. The highest BCUT2D eigenvalue weighted by molar-refractivity contribution is 7.99. The number of aliphatic hydroxyl groups excluding tert-OH is 1. The second-order valence-corrected chi connectivity index (χ2v) is 4.73. The van der Waals surface area contributed by atoms with Gasteiger partial charge in [-0.05, 0) is 12.1 Å². The zero-order valence-electron chi connectivity index (χ0n) is 10.3. The summed E-state index contributed by atoms with van der Waals surface area (Å²) in [6.07, 6.45) is 0. The minimum atomic E-state index is 0.131. The first-order chi connectivity index (χ1) is 8.76. The van der Waals surface area contributed by atoms with Gasteiger partial charge in [-0.2, -0.15) is 0 Å². The van der Waals surface area contributed by atoms with E-state index in [9.17, 15) is 0 Å². The number of thioether (sulfide) groups is 1. The molecule has 0 spiro atoms. The van der Waals surface area contributed by atoms with E-state index < -0.39 is 0 Å². The lowest BCUT2D eigenvalue weighted by atomic mass is 10.2. The second kappa shape index (κ2) is 5.88. The van der Waals surface area contributed by atoms with Crippen LogP contribution in [0.4, 0.5) is 0 Å². The molecule has 5 nitrogen and oxygen atoms in total. The summed E-state index contributed by atoms with van der Waals surface area (Å²) < 4.78 is 7.10. The van der Waals surface area contributed by atoms with E-state index in [1.807, 2.05) is 35.9 Å². The molecule has 0 atom stereocenters. The molecule has 2 aromatic rings. The van der Waals surface area contributed by atoms with Crippen LogP contribution in [0.25, 0.3) is 11.4 Å². The van der Waals surface area contributed by atoms with Crippen molar-refractivity contribution in [1.29, 1.82) is 0 Å². The van der Waals surface area contributed by atoms with Crippen molar-refractivity contribution in [2.75, 3.05) is 19.5 Å². The highest BCUT2D eigenvalue weighted by atomic mass is 32.2. The van der Waals surface area contributed by atoms with Crippen LogP contribution in [0.5, 0.6) is 5.75 Å². The van der Waals surface area contributed by atoms with Crippen molar-refractivity contribution in [1.82, 2.24) is 14.8 Å². The monoisotopic (exact) mass is 265 g/mol. The number of hydrogen-bond donors (Lipinski definition) is 1. The summed E-state index contributed by atoms with van der Waals surface area (Å²) in [6, 6.07) is 7.70. The van der Waals surface area contributed by atoms with Gasteiger partial charge in [0.15, 0.2) is 11.0 Å². The average Bonchev–Trinajstić information content (AvgIpc) is 2.78. The quantitative estimate of drug-likeness (QED) is 0.832. The first kappa shape index (κ1) is 12.9. The molecule has 18 heavy (non-hydrogen) atoms. The Morgan fingerprint density at radius 3 is 2.94 bits per heavy atom. The molecule has 0 fully saturated rings. The molecule has 1 aromatic heterocycles. The molecule has 0 saturated heterocycles. The number of methoxy groups -OCH3 is 1. The Kier molecular flexibility index (Phi) is 4.22. The Labute approximate surface area is 110 Å². The SMILES string of the molecule is COc1cccc(-c2nnc(SCCO)n2C)c1. The lowest BCUT2D eigenvalue weighted by molar-refractivity contribution is 0.322. The van der Waals surface area contributed by atoms with Crippen LogP contribution >= 0.6 is 11.8 Å². The van der Waals surface area contributed by atoms with Crippen LogP contribution in [0.1, 0.15) is 0 Å². The van der Waals surface area contributed by atoms with E-state index in [1.54, 1.807) is 7.11 Å². The van der Waals surface area contributed by atoms with E-state index in [0.29, 0.717) is 5.75 Å². The van der Waals surface area contributed by atoms with Gasteiger partial charge in [-0.3, -0.25) is 0 Å². The van der Waals surface area contributed by atoms with Gasteiger partial charge in [-0.15, -0.1) is 10.2 Å². The van der Waals surface area contributed by atoms with E-state index >= 15 is 0 Å². The molecular formula is C12H15N3O2S. The third-order valence-electron chi connectivity index (χ3n) is 2.49. The van der Waals surface area contributed by atoms with E-state index in [0.717, 1.165) is 22.3 Å². The summed E-state index contributed by atoms with van der Waals surface area (Å²) in [6.45, 7) is 0.131. The number of aliphatic hydroxyl groups is 1. The standard InChI is InChI=1S/C12H15N3O2S/c1-15-11(13-14-12(15)18-7-6-16)9-4-3-5-10(8-9)17-2/h3-5,8,16H,6-7H2,1-2H3. The van der Waals surface area contributed by atoms with Gasteiger partial charge in [0.2, 0.25) is 0 Å². The summed E-state index contributed by atoms with van der Waals surface area (Å²) >= 11 is 1.48. The van der Waals surface area contributed by atoms with Crippen LogP contribution in [0.2, 0.25) is 0 Å². The zero-order chi connectivity index (χ0) is 13.0. The van der Waals surface area contributed by atoms with E-state index in [-0.39, 0.29) is 6.61 Å². The van der Waals surface area contributed by atoms with Crippen LogP contribution < -0.4 is 4.74 Å². The predicted molar refractivity (Wildman–Crippen MR) is 70.8 cm³/mol. The minimum absolute atomic E-state index is 0.131. The average molecular weight is 265 g/mol. The van der Waals surface area contributed by atoms with Crippen LogP contribution in [0, 0.1) is 0 Å². The fourth-order valence-corrected chi connectivity index (χ4v) is 2.24. The molecule has 1 N–H and O–H groups in total. The fourth-order valence-electron chi connectivity index (χ4n) is 1.59. The van der Waals surface area contributed by atoms with Gasteiger partial charge in [0.05, 0.1) is 13.7 Å². The smallest absolute Gasteiger partial charge is 0.191 e. The minimum Gasteiger partial charge on any atom is -0.497 e. The summed E-state index contributed by atoms with van der Waals surface area (Å²) in [4.78, 5) is 0. The predicted octanol–water partition coefficient (Wildman–Crippen LogP) is 1.58. The summed E-state index contributed by atoms with van der Waals surface area (Å²) in [5.41, 5.74) is 0.959. The zero-order valence-corrected chi connectivity index (χ0v) is 11.1. The van der Waals surface area contributed by atoms with Crippen molar-refractivity contribution in [3.8, 4) is 17.1 Å². The van der Waals surface area contributed by atoms with E-state index in [2.05, 4.69) is 10.2 Å². The number of benzene rings is 1. The Morgan fingerprint density at radius 1 is 1.39 bits per heavy atom. The first-order valence-electron chi connectivity index (χ1n) is 5.53. The molecule has 0 aliphatic carbocycles. The number of rotatable bonds is 5. The molecule has 0 aliphatic heterocycles. The van der Waals surface area contributed by atoms with Gasteiger partial charge in [-0.1, -0.05) is 23.9 Å². The Bertz CT molecular complexity index is 528. The second-order valence-electron chi connectivity index (χ2n) is 3.67. The van der Waals surface area contributed by atoms with E-state index in [4.69, 9.17) is 9.84 Å². The third kappa shape index (κ3) is 2.65. The van der Waals surface area contributed by atoms with Crippen molar-refractivity contribution in [2.45, 2.75) is 5.16 Å². The van der Waals surface area contributed by atoms with Crippen molar-refractivity contribution < 1.29 is 9.84 Å². The van der Waals surface area contributed by atoms with Gasteiger partial charge in [0, 0.05) is 18.4 Å². The van der Waals surface area contributed by atoms with Gasteiger partial charge >= 0.3 is 0 Å². The van der Waals surface area contributed by atoms with E-state index in [1.165, 1.54) is 11.8 Å². The first-order valence-corrected chi connectivity index (χ1v) is 6.52. The van der Waals surface area contributed by atoms with Crippen LogP contribution in [-0.4, -0.2) is 39.3 Å². The molecule has 6 heteroatoms. The topological polar surface area (TPSA) is 60.2 Å². The fraction of sp³-hybridized carbons (Fsp3) is 0.333. The molecule has 0 bridgehead atoms. The maximum Gasteiger partial charge on any atom is 0.191 e. The molecule has 1 heterocycles.